The third kappa shape index (κ3) is 2.29. The highest BCUT2D eigenvalue weighted by Crippen LogP contribution is 2.27. The van der Waals surface area contributed by atoms with Crippen LogP contribution in [0.2, 0.25) is 0 Å². The molecule has 1 aromatic heterocycles. The minimum Gasteiger partial charge on any atom is -0.305 e. The van der Waals surface area contributed by atoms with Gasteiger partial charge in [0.15, 0.2) is 0 Å². The lowest BCUT2D eigenvalue weighted by molar-refractivity contribution is 0.297. The minimum atomic E-state index is 0.652. The molecule has 2 aliphatic heterocycles. The van der Waals surface area contributed by atoms with Gasteiger partial charge < -0.3 is 5.32 Å². The molecule has 2 atom stereocenters. The monoisotopic (exact) mass is 249 g/mol. The van der Waals surface area contributed by atoms with E-state index in [2.05, 4.69) is 27.2 Å². The molecule has 1 aromatic rings. The van der Waals surface area contributed by atoms with Gasteiger partial charge in [-0.3, -0.25) is 4.90 Å². The molecule has 100 valence electrons. The van der Waals surface area contributed by atoms with Gasteiger partial charge in [-0.1, -0.05) is 6.92 Å². The van der Waals surface area contributed by atoms with Crippen LogP contribution in [0.25, 0.3) is 0 Å². The molecule has 0 saturated carbocycles. The van der Waals surface area contributed by atoms with Crippen LogP contribution in [0.15, 0.2) is 6.33 Å². The standard InChI is InChI=1S/C13H23N5/c1-2-6-18-13(15-10-16-18)9-14-11-5-8-17-7-3-4-12(11)17/h10-12,14H,2-9H2,1H3. The number of aromatic nitrogens is 3. The lowest BCUT2D eigenvalue weighted by Crippen LogP contribution is -2.39. The third-order valence-electron chi connectivity index (χ3n) is 4.26. The quantitative estimate of drug-likeness (QED) is 0.846. The zero-order valence-corrected chi connectivity index (χ0v) is 11.2. The topological polar surface area (TPSA) is 46.0 Å². The number of fused-ring (bicyclic) bond motifs is 1. The second-order valence-electron chi connectivity index (χ2n) is 5.42. The normalized spacial score (nSPS) is 27.8. The van der Waals surface area contributed by atoms with E-state index in [9.17, 15) is 0 Å². The number of hydrogen-bond donors (Lipinski definition) is 1. The van der Waals surface area contributed by atoms with Crippen molar-refractivity contribution in [3.05, 3.63) is 12.2 Å². The summed E-state index contributed by atoms with van der Waals surface area (Å²) in [5, 5.41) is 7.96. The van der Waals surface area contributed by atoms with Crippen molar-refractivity contribution < 1.29 is 0 Å². The molecule has 0 amide bonds. The van der Waals surface area contributed by atoms with E-state index in [-0.39, 0.29) is 0 Å². The Hall–Kier alpha value is -0.940. The van der Waals surface area contributed by atoms with Crippen molar-refractivity contribution in [1.29, 1.82) is 0 Å². The summed E-state index contributed by atoms with van der Waals surface area (Å²) in [4.78, 5) is 6.99. The first-order valence-corrected chi connectivity index (χ1v) is 7.22. The van der Waals surface area contributed by atoms with Gasteiger partial charge in [0.25, 0.3) is 0 Å². The Bertz CT molecular complexity index is 388. The fourth-order valence-corrected chi connectivity index (χ4v) is 3.37. The molecular formula is C13H23N5. The summed E-state index contributed by atoms with van der Waals surface area (Å²) < 4.78 is 2.02. The number of nitrogens with zero attached hydrogens (tertiary/aromatic N) is 4. The molecule has 0 radical (unpaired) electrons. The van der Waals surface area contributed by atoms with Gasteiger partial charge in [0, 0.05) is 25.2 Å². The SMILES string of the molecule is CCCn1ncnc1CNC1CCN2CCCC12. The van der Waals surface area contributed by atoms with E-state index in [1.807, 2.05) is 4.68 Å². The summed E-state index contributed by atoms with van der Waals surface area (Å²) in [6, 6.07) is 1.42. The van der Waals surface area contributed by atoms with Crippen molar-refractivity contribution in [2.24, 2.45) is 0 Å². The van der Waals surface area contributed by atoms with Crippen LogP contribution in [0.4, 0.5) is 0 Å². The smallest absolute Gasteiger partial charge is 0.140 e. The second-order valence-corrected chi connectivity index (χ2v) is 5.42. The van der Waals surface area contributed by atoms with Crippen LogP contribution in [0.3, 0.4) is 0 Å². The van der Waals surface area contributed by atoms with Crippen LogP contribution in [0.1, 0.15) is 38.4 Å². The average molecular weight is 249 g/mol. The van der Waals surface area contributed by atoms with Crippen molar-refractivity contribution in [3.8, 4) is 0 Å². The Balaban J connectivity index is 1.56. The first kappa shape index (κ1) is 12.1. The van der Waals surface area contributed by atoms with E-state index in [1.54, 1.807) is 6.33 Å². The Morgan fingerprint density at radius 2 is 2.33 bits per heavy atom. The average Bonchev–Trinajstić information content (AvgIpc) is 3.03. The van der Waals surface area contributed by atoms with Gasteiger partial charge in [-0.15, -0.1) is 0 Å². The van der Waals surface area contributed by atoms with E-state index in [0.717, 1.165) is 31.4 Å². The maximum Gasteiger partial charge on any atom is 0.140 e. The summed E-state index contributed by atoms with van der Waals surface area (Å²) in [5.41, 5.74) is 0. The first-order chi connectivity index (χ1) is 8.88. The highest BCUT2D eigenvalue weighted by molar-refractivity contribution is 4.97. The second kappa shape index (κ2) is 5.36. The Kier molecular flexibility index (Phi) is 3.61. The molecule has 5 heteroatoms. The van der Waals surface area contributed by atoms with Crippen molar-refractivity contribution >= 4 is 0 Å². The number of hydrogen-bond acceptors (Lipinski definition) is 4. The van der Waals surface area contributed by atoms with Crippen LogP contribution in [0.5, 0.6) is 0 Å². The van der Waals surface area contributed by atoms with Crippen molar-refractivity contribution in [1.82, 2.24) is 25.0 Å². The van der Waals surface area contributed by atoms with E-state index in [4.69, 9.17) is 0 Å². The molecule has 2 fully saturated rings. The zero-order valence-electron chi connectivity index (χ0n) is 11.2. The van der Waals surface area contributed by atoms with Gasteiger partial charge >= 0.3 is 0 Å². The first-order valence-electron chi connectivity index (χ1n) is 7.22. The molecule has 1 N–H and O–H groups in total. The van der Waals surface area contributed by atoms with Crippen molar-refractivity contribution in [2.45, 2.75) is 57.8 Å². The van der Waals surface area contributed by atoms with E-state index >= 15 is 0 Å². The van der Waals surface area contributed by atoms with Crippen LogP contribution < -0.4 is 5.32 Å². The maximum atomic E-state index is 4.36. The highest BCUT2D eigenvalue weighted by Gasteiger charge is 2.36. The van der Waals surface area contributed by atoms with Gasteiger partial charge in [-0.05, 0) is 32.2 Å². The van der Waals surface area contributed by atoms with Crippen LogP contribution in [-0.4, -0.2) is 44.8 Å². The molecule has 2 saturated heterocycles. The van der Waals surface area contributed by atoms with Crippen LogP contribution in [-0.2, 0) is 13.1 Å². The van der Waals surface area contributed by atoms with Gasteiger partial charge in [0.05, 0.1) is 6.54 Å². The Morgan fingerprint density at radius 1 is 1.39 bits per heavy atom. The summed E-state index contributed by atoms with van der Waals surface area (Å²) in [7, 11) is 0. The fourth-order valence-electron chi connectivity index (χ4n) is 3.37. The molecule has 3 heterocycles. The van der Waals surface area contributed by atoms with E-state index in [1.165, 1.54) is 32.4 Å². The summed E-state index contributed by atoms with van der Waals surface area (Å²) in [6.45, 7) is 6.57. The Labute approximate surface area is 109 Å². The molecule has 2 unspecified atom stereocenters. The molecule has 2 aliphatic rings. The van der Waals surface area contributed by atoms with Gasteiger partial charge in [0.1, 0.15) is 12.2 Å². The van der Waals surface area contributed by atoms with Gasteiger partial charge in [0.2, 0.25) is 0 Å². The molecule has 0 spiro atoms. The number of rotatable bonds is 5. The third-order valence-corrected chi connectivity index (χ3v) is 4.26. The van der Waals surface area contributed by atoms with Crippen molar-refractivity contribution in [2.75, 3.05) is 13.1 Å². The van der Waals surface area contributed by atoms with Crippen molar-refractivity contribution in [3.63, 3.8) is 0 Å². The van der Waals surface area contributed by atoms with E-state index < -0.39 is 0 Å². The minimum absolute atomic E-state index is 0.652. The maximum absolute atomic E-state index is 4.36. The van der Waals surface area contributed by atoms with Crippen LogP contribution in [0, 0.1) is 0 Å². The molecule has 5 nitrogen and oxygen atoms in total. The molecule has 0 aliphatic carbocycles. The summed E-state index contributed by atoms with van der Waals surface area (Å²) >= 11 is 0. The number of aryl methyl sites for hydroxylation is 1. The largest absolute Gasteiger partial charge is 0.305 e. The molecule has 0 aromatic carbocycles. The molecular weight excluding hydrogens is 226 g/mol. The Morgan fingerprint density at radius 3 is 3.22 bits per heavy atom. The summed E-state index contributed by atoms with van der Waals surface area (Å²) in [6.07, 6.45) is 6.79. The zero-order chi connectivity index (χ0) is 12.4. The molecule has 3 rings (SSSR count). The number of nitrogens with one attached hydrogen (secondary N) is 1. The fraction of sp³-hybridized carbons (Fsp3) is 0.846. The van der Waals surface area contributed by atoms with Gasteiger partial charge in [-0.25, -0.2) is 9.67 Å². The lowest BCUT2D eigenvalue weighted by atomic mass is 10.1. The van der Waals surface area contributed by atoms with Crippen LogP contribution >= 0.6 is 0 Å². The van der Waals surface area contributed by atoms with Gasteiger partial charge in [-0.2, -0.15) is 5.10 Å². The predicted octanol–water partition coefficient (Wildman–Crippen LogP) is 1.01. The predicted molar refractivity (Wildman–Crippen MR) is 70.2 cm³/mol. The molecule has 18 heavy (non-hydrogen) atoms. The summed E-state index contributed by atoms with van der Waals surface area (Å²) in [5.74, 6) is 1.08. The lowest BCUT2D eigenvalue weighted by Gasteiger charge is -2.21. The molecule has 0 bridgehead atoms. The van der Waals surface area contributed by atoms with E-state index in [0.29, 0.717) is 6.04 Å². The highest BCUT2D eigenvalue weighted by atomic mass is 15.3.